The van der Waals surface area contributed by atoms with Crippen LogP contribution in [0.3, 0.4) is 0 Å². The van der Waals surface area contributed by atoms with Crippen molar-refractivity contribution in [3.63, 3.8) is 0 Å². The normalized spacial score (nSPS) is 9.95. The Hall–Kier alpha value is -2.85. The molecule has 0 saturated heterocycles. The monoisotopic (exact) mass is 287 g/mol. The molecule has 1 aromatic heterocycles. The van der Waals surface area contributed by atoms with Crippen molar-refractivity contribution in [2.24, 2.45) is 0 Å². The second-order valence-electron chi connectivity index (χ2n) is 4.06. The van der Waals surface area contributed by atoms with Crippen LogP contribution < -0.4 is 10.1 Å². The lowest BCUT2D eigenvalue weighted by atomic mass is 10.1. The summed E-state index contributed by atoms with van der Waals surface area (Å²) in [5, 5.41) is 15.3. The van der Waals surface area contributed by atoms with Gasteiger partial charge >= 0.3 is 0 Å². The zero-order valence-corrected chi connectivity index (χ0v) is 11.5. The lowest BCUT2D eigenvalue weighted by molar-refractivity contribution is 0.101. The van der Waals surface area contributed by atoms with Gasteiger partial charge in [-0.1, -0.05) is 11.2 Å². The molecule has 1 heterocycles. The Morgan fingerprint density at radius 2 is 2.29 bits per heavy atom. The number of nitrogens with zero attached hydrogens (tertiary/aromatic N) is 2. The highest BCUT2D eigenvalue weighted by molar-refractivity contribution is 6.04. The minimum atomic E-state index is -0.498. The maximum absolute atomic E-state index is 12.1. The number of benzene rings is 1. The molecule has 0 fully saturated rings. The molecule has 108 valence electrons. The van der Waals surface area contributed by atoms with Gasteiger partial charge in [-0.3, -0.25) is 4.79 Å². The number of amides is 1. The third kappa shape index (κ3) is 3.19. The zero-order valence-electron chi connectivity index (χ0n) is 11.5. The van der Waals surface area contributed by atoms with Crippen molar-refractivity contribution >= 4 is 11.6 Å². The lowest BCUT2D eigenvalue weighted by Gasteiger charge is -2.10. The Bertz CT molecular complexity index is 688. The van der Waals surface area contributed by atoms with Crippen LogP contribution in [0.15, 0.2) is 28.8 Å². The second-order valence-corrected chi connectivity index (χ2v) is 4.06. The Morgan fingerprint density at radius 1 is 1.48 bits per heavy atom. The molecule has 2 aromatic rings. The topological polar surface area (TPSA) is 97.4 Å². The van der Waals surface area contributed by atoms with Crippen LogP contribution in [-0.2, 0) is 11.3 Å². The Kier molecular flexibility index (Phi) is 4.53. The molecule has 1 amide bonds. The zero-order chi connectivity index (χ0) is 15.2. The van der Waals surface area contributed by atoms with Crippen molar-refractivity contribution in [3.8, 4) is 11.8 Å². The molecule has 7 heteroatoms. The molecule has 0 saturated carbocycles. The van der Waals surface area contributed by atoms with Gasteiger partial charge < -0.3 is 19.3 Å². The number of aromatic nitrogens is 1. The van der Waals surface area contributed by atoms with Gasteiger partial charge in [-0.25, -0.2) is 0 Å². The molecule has 0 spiro atoms. The predicted octanol–water partition coefficient (Wildman–Crippen LogP) is 1.95. The van der Waals surface area contributed by atoms with Crippen LogP contribution >= 0.6 is 0 Å². The van der Waals surface area contributed by atoms with Crippen LogP contribution in [-0.4, -0.2) is 25.3 Å². The number of hydrogen-bond acceptors (Lipinski definition) is 6. The van der Waals surface area contributed by atoms with Crippen molar-refractivity contribution in [3.05, 3.63) is 41.3 Å². The number of carbonyl (C=O) groups excluding carboxylic acids is 1. The molecular weight excluding hydrogens is 274 g/mol. The summed E-state index contributed by atoms with van der Waals surface area (Å²) >= 11 is 0. The van der Waals surface area contributed by atoms with Gasteiger partial charge in [0.05, 0.1) is 12.7 Å². The highest BCUT2D eigenvalue weighted by Gasteiger charge is 2.17. The van der Waals surface area contributed by atoms with E-state index in [1.807, 2.05) is 6.07 Å². The molecule has 0 unspecified atom stereocenters. The number of nitrogens with one attached hydrogen (secondary N) is 1. The molecule has 1 aromatic carbocycles. The second kappa shape index (κ2) is 6.54. The fourth-order valence-corrected chi connectivity index (χ4v) is 1.73. The number of methoxy groups -OCH3 is 2. The summed E-state index contributed by atoms with van der Waals surface area (Å²) in [5.74, 6) is 0.327. The minimum Gasteiger partial charge on any atom is -0.495 e. The molecule has 0 atom stereocenters. The summed E-state index contributed by atoms with van der Waals surface area (Å²) in [5.41, 5.74) is 0.684. The first-order chi connectivity index (χ1) is 10.2. The average molecular weight is 287 g/mol. The largest absolute Gasteiger partial charge is 0.495 e. The van der Waals surface area contributed by atoms with Gasteiger partial charge in [-0.05, 0) is 12.1 Å². The van der Waals surface area contributed by atoms with E-state index in [1.165, 1.54) is 20.3 Å². The molecule has 0 bridgehead atoms. The number of para-hydroxylation sites is 1. The standard InChI is InChI=1S/C14H13N3O4/c1-19-8-10-6-11(17-21-10)14(18)16-13-9(7-15)4-3-5-12(13)20-2/h3-6H,8H2,1-2H3,(H,16,18). The third-order valence-corrected chi connectivity index (χ3v) is 2.68. The van der Waals surface area contributed by atoms with Gasteiger partial charge in [-0.15, -0.1) is 0 Å². The first-order valence-corrected chi connectivity index (χ1v) is 6.02. The summed E-state index contributed by atoms with van der Waals surface area (Å²) in [7, 11) is 2.97. The summed E-state index contributed by atoms with van der Waals surface area (Å²) in [6.45, 7) is 0.221. The Labute approximate surface area is 121 Å². The van der Waals surface area contributed by atoms with Gasteiger partial charge in [0, 0.05) is 13.2 Å². The smallest absolute Gasteiger partial charge is 0.277 e. The van der Waals surface area contributed by atoms with E-state index < -0.39 is 5.91 Å². The van der Waals surface area contributed by atoms with Crippen molar-refractivity contribution in [2.45, 2.75) is 6.61 Å². The molecule has 0 aliphatic heterocycles. The van der Waals surface area contributed by atoms with E-state index in [0.717, 1.165) is 0 Å². The lowest BCUT2D eigenvalue weighted by Crippen LogP contribution is -2.14. The van der Waals surface area contributed by atoms with Gasteiger partial charge in [0.25, 0.3) is 5.91 Å². The Balaban J connectivity index is 2.25. The average Bonchev–Trinajstić information content (AvgIpc) is 2.96. The predicted molar refractivity (Wildman–Crippen MR) is 72.9 cm³/mol. The summed E-state index contributed by atoms with van der Waals surface area (Å²) < 4.78 is 15.0. The van der Waals surface area contributed by atoms with E-state index in [2.05, 4.69) is 10.5 Å². The molecule has 7 nitrogen and oxygen atoms in total. The summed E-state index contributed by atoms with van der Waals surface area (Å²) in [4.78, 5) is 12.1. The first kappa shape index (κ1) is 14.6. The maximum Gasteiger partial charge on any atom is 0.277 e. The number of anilines is 1. The van der Waals surface area contributed by atoms with Gasteiger partial charge in [0.15, 0.2) is 11.5 Å². The fourth-order valence-electron chi connectivity index (χ4n) is 1.73. The quantitative estimate of drug-likeness (QED) is 0.902. The third-order valence-electron chi connectivity index (χ3n) is 2.68. The first-order valence-electron chi connectivity index (χ1n) is 6.02. The van der Waals surface area contributed by atoms with Crippen LogP contribution in [0, 0.1) is 11.3 Å². The molecule has 2 rings (SSSR count). The van der Waals surface area contributed by atoms with Gasteiger partial charge in [0.1, 0.15) is 24.1 Å². The van der Waals surface area contributed by atoms with Crippen molar-refractivity contribution in [1.29, 1.82) is 5.26 Å². The number of rotatable bonds is 5. The van der Waals surface area contributed by atoms with Crippen LogP contribution in [0.2, 0.25) is 0 Å². The van der Waals surface area contributed by atoms with E-state index >= 15 is 0 Å². The number of nitriles is 1. The SMILES string of the molecule is COCc1cc(C(=O)Nc2c(C#N)cccc2OC)no1. The van der Waals surface area contributed by atoms with Crippen LogP contribution in [0.25, 0.3) is 0 Å². The van der Waals surface area contributed by atoms with E-state index in [0.29, 0.717) is 22.8 Å². The molecule has 0 aliphatic carbocycles. The summed E-state index contributed by atoms with van der Waals surface area (Å²) in [6.07, 6.45) is 0. The van der Waals surface area contributed by atoms with E-state index in [1.54, 1.807) is 18.2 Å². The number of hydrogen-bond donors (Lipinski definition) is 1. The molecular formula is C14H13N3O4. The maximum atomic E-state index is 12.1. The molecule has 0 radical (unpaired) electrons. The highest BCUT2D eigenvalue weighted by atomic mass is 16.5. The van der Waals surface area contributed by atoms with E-state index in [4.69, 9.17) is 19.3 Å². The van der Waals surface area contributed by atoms with E-state index in [9.17, 15) is 4.79 Å². The molecule has 0 aliphatic rings. The van der Waals surface area contributed by atoms with Crippen molar-refractivity contribution < 1.29 is 18.8 Å². The van der Waals surface area contributed by atoms with Crippen LogP contribution in [0.1, 0.15) is 21.8 Å². The molecule has 1 N–H and O–H groups in total. The number of ether oxygens (including phenoxy) is 2. The van der Waals surface area contributed by atoms with Crippen LogP contribution in [0.5, 0.6) is 5.75 Å². The van der Waals surface area contributed by atoms with E-state index in [-0.39, 0.29) is 12.3 Å². The Morgan fingerprint density at radius 3 is 2.95 bits per heavy atom. The highest BCUT2D eigenvalue weighted by Crippen LogP contribution is 2.28. The van der Waals surface area contributed by atoms with Crippen molar-refractivity contribution in [1.82, 2.24) is 5.16 Å². The molecule has 21 heavy (non-hydrogen) atoms. The number of carbonyl (C=O) groups is 1. The minimum absolute atomic E-state index is 0.0943. The van der Waals surface area contributed by atoms with Crippen LogP contribution in [0.4, 0.5) is 5.69 Å². The fraction of sp³-hybridized carbons (Fsp3) is 0.214. The van der Waals surface area contributed by atoms with Gasteiger partial charge in [-0.2, -0.15) is 5.26 Å². The van der Waals surface area contributed by atoms with Gasteiger partial charge in [0.2, 0.25) is 0 Å². The van der Waals surface area contributed by atoms with Crippen molar-refractivity contribution in [2.75, 3.05) is 19.5 Å². The summed E-state index contributed by atoms with van der Waals surface area (Å²) in [6, 6.07) is 8.36.